The van der Waals surface area contributed by atoms with Crippen molar-refractivity contribution in [2.24, 2.45) is 4.99 Å². The summed E-state index contributed by atoms with van der Waals surface area (Å²) in [7, 11) is -1.48. The van der Waals surface area contributed by atoms with E-state index >= 15 is 0 Å². The Hall–Kier alpha value is -0.815. The molecule has 1 unspecified atom stereocenters. The third-order valence-electron chi connectivity index (χ3n) is 1.40. The molecule has 5 nitrogen and oxygen atoms in total. The quantitative estimate of drug-likeness (QED) is 0.443. The molecule has 0 spiro atoms. The molecule has 0 aromatic carbocycles. The van der Waals surface area contributed by atoms with Gasteiger partial charge in [-0.2, -0.15) is 8.42 Å². The van der Waals surface area contributed by atoms with Gasteiger partial charge >= 0.3 is 0 Å². The molecule has 0 aliphatic carbocycles. The van der Waals surface area contributed by atoms with Crippen molar-refractivity contribution in [2.45, 2.75) is 6.17 Å². The molecule has 0 saturated carbocycles. The molecule has 0 bridgehead atoms. The Kier molecular flexibility index (Phi) is 3.10. The molecule has 0 fully saturated rings. The summed E-state index contributed by atoms with van der Waals surface area (Å²) in [6.07, 6.45) is 4.15. The van der Waals surface area contributed by atoms with Gasteiger partial charge in [0.25, 0.3) is 10.1 Å². The molecule has 0 aromatic rings. The molecule has 1 heterocycles. The predicted octanol–water partition coefficient (Wildman–Crippen LogP) is -1.56. The van der Waals surface area contributed by atoms with Gasteiger partial charge in [0.15, 0.2) is 0 Å². The highest BCUT2D eigenvalue weighted by atomic mass is 32.2. The van der Waals surface area contributed by atoms with Crippen LogP contribution in [0, 0.1) is 0 Å². The van der Waals surface area contributed by atoms with Gasteiger partial charge in [0.1, 0.15) is 20.6 Å². The first-order valence-electron chi connectivity index (χ1n) is 3.78. The van der Waals surface area contributed by atoms with Crippen molar-refractivity contribution in [1.29, 1.82) is 0 Å². The number of aliphatic imine (C=N–C) groups is 1. The van der Waals surface area contributed by atoms with Gasteiger partial charge in [-0.1, -0.05) is 5.47 Å². The van der Waals surface area contributed by atoms with Crippen molar-refractivity contribution in [1.82, 2.24) is 5.32 Å². The highest BCUT2D eigenvalue weighted by molar-refractivity contribution is 7.85. The maximum absolute atomic E-state index is 10.6. The predicted molar refractivity (Wildman–Crippen MR) is 52.8 cm³/mol. The summed E-state index contributed by atoms with van der Waals surface area (Å²) in [6.45, 7) is 0.0269. The van der Waals surface area contributed by atoms with Gasteiger partial charge < -0.3 is 5.32 Å². The van der Waals surface area contributed by atoms with E-state index in [9.17, 15) is 8.42 Å². The SMILES string of the molecule is BC1=CNC(COS(C)(=O)=O)N=C1. The van der Waals surface area contributed by atoms with Crippen LogP contribution < -0.4 is 5.32 Å². The van der Waals surface area contributed by atoms with Crippen molar-refractivity contribution in [2.75, 3.05) is 12.9 Å². The Balaban J connectivity index is 2.38. The highest BCUT2D eigenvalue weighted by Gasteiger charge is 2.10. The lowest BCUT2D eigenvalue weighted by atomic mass is 9.98. The molecule has 1 aliphatic heterocycles. The molecule has 0 saturated heterocycles. The Labute approximate surface area is 78.4 Å². The van der Waals surface area contributed by atoms with E-state index < -0.39 is 10.1 Å². The number of nitrogens with one attached hydrogen (secondary N) is 1. The van der Waals surface area contributed by atoms with Crippen LogP contribution in [0.5, 0.6) is 0 Å². The minimum absolute atomic E-state index is 0.0269. The summed E-state index contributed by atoms with van der Waals surface area (Å²) in [5.74, 6) is 0. The fraction of sp³-hybridized carbons (Fsp3) is 0.500. The lowest BCUT2D eigenvalue weighted by Gasteiger charge is -2.15. The van der Waals surface area contributed by atoms with Crippen LogP contribution in [0.3, 0.4) is 0 Å². The van der Waals surface area contributed by atoms with Gasteiger partial charge in [-0.05, 0) is 6.20 Å². The first-order chi connectivity index (χ1) is 5.97. The fourth-order valence-electron chi connectivity index (χ4n) is 0.795. The Morgan fingerprint density at radius 3 is 2.92 bits per heavy atom. The van der Waals surface area contributed by atoms with Crippen LogP contribution in [-0.4, -0.2) is 41.5 Å². The normalized spacial score (nSPS) is 22.2. The van der Waals surface area contributed by atoms with Gasteiger partial charge in [-0.25, -0.2) is 0 Å². The van der Waals surface area contributed by atoms with Crippen LogP contribution in [0.1, 0.15) is 0 Å². The standard InChI is InChI=1S/C6H11BN2O3S/c1-13(10,11)12-4-6-8-2-5(7)3-9-6/h2-3,6,8H,4,7H2,1H3. The minimum Gasteiger partial charge on any atom is -0.368 e. The molecule has 1 aliphatic rings. The Morgan fingerprint density at radius 1 is 1.77 bits per heavy atom. The Bertz CT molecular complexity index is 336. The smallest absolute Gasteiger partial charge is 0.264 e. The molecular formula is C6H11BN2O3S. The zero-order valence-corrected chi connectivity index (χ0v) is 8.34. The highest BCUT2D eigenvalue weighted by Crippen LogP contribution is 1.98. The fourth-order valence-corrected chi connectivity index (χ4v) is 1.17. The molecule has 0 amide bonds. The van der Waals surface area contributed by atoms with E-state index in [1.807, 2.05) is 7.85 Å². The third-order valence-corrected chi connectivity index (χ3v) is 1.97. The molecule has 72 valence electrons. The first kappa shape index (κ1) is 10.3. The monoisotopic (exact) mass is 202 g/mol. The number of hydrogen-bond donors (Lipinski definition) is 1. The Morgan fingerprint density at radius 2 is 2.46 bits per heavy atom. The second-order valence-electron chi connectivity index (χ2n) is 2.84. The van der Waals surface area contributed by atoms with E-state index in [1.54, 1.807) is 12.4 Å². The van der Waals surface area contributed by atoms with Crippen molar-refractivity contribution in [3.8, 4) is 0 Å². The molecule has 1 rings (SSSR count). The van der Waals surface area contributed by atoms with Crippen LogP contribution in [-0.2, 0) is 14.3 Å². The third kappa shape index (κ3) is 4.09. The lowest BCUT2D eigenvalue weighted by Crippen LogP contribution is -2.31. The summed E-state index contributed by atoms with van der Waals surface area (Å²) in [6, 6.07) is 0. The lowest BCUT2D eigenvalue weighted by molar-refractivity contribution is 0.284. The first-order valence-corrected chi connectivity index (χ1v) is 5.59. The van der Waals surface area contributed by atoms with Crippen LogP contribution in [0.15, 0.2) is 16.7 Å². The van der Waals surface area contributed by atoms with Gasteiger partial charge in [-0.3, -0.25) is 9.18 Å². The van der Waals surface area contributed by atoms with E-state index in [-0.39, 0.29) is 12.8 Å². The number of allylic oxidation sites excluding steroid dienone is 1. The summed E-state index contributed by atoms with van der Waals surface area (Å²) in [4.78, 5) is 4.02. The van der Waals surface area contributed by atoms with Crippen molar-refractivity contribution < 1.29 is 12.6 Å². The average molecular weight is 202 g/mol. The summed E-state index contributed by atoms with van der Waals surface area (Å²) in [5.41, 5.74) is 0.996. The average Bonchev–Trinajstić information content (AvgIpc) is 2.02. The molecule has 7 heteroatoms. The second kappa shape index (κ2) is 3.93. The van der Waals surface area contributed by atoms with E-state index in [4.69, 9.17) is 0 Å². The number of nitrogens with zero attached hydrogens (tertiary/aromatic N) is 1. The zero-order valence-electron chi connectivity index (χ0n) is 7.52. The molecule has 0 aromatic heterocycles. The van der Waals surface area contributed by atoms with E-state index in [0.29, 0.717) is 0 Å². The molecule has 1 atom stereocenters. The van der Waals surface area contributed by atoms with E-state index in [2.05, 4.69) is 14.5 Å². The van der Waals surface area contributed by atoms with Crippen LogP contribution in [0.4, 0.5) is 0 Å². The summed E-state index contributed by atoms with van der Waals surface area (Å²) >= 11 is 0. The molecule has 0 radical (unpaired) electrons. The van der Waals surface area contributed by atoms with Crippen LogP contribution >= 0.6 is 0 Å². The van der Waals surface area contributed by atoms with E-state index in [0.717, 1.165) is 11.7 Å². The van der Waals surface area contributed by atoms with E-state index in [1.165, 1.54) is 0 Å². The molecular weight excluding hydrogens is 191 g/mol. The zero-order chi connectivity index (χ0) is 9.90. The topological polar surface area (TPSA) is 67.8 Å². The van der Waals surface area contributed by atoms with Gasteiger partial charge in [0, 0.05) is 6.21 Å². The van der Waals surface area contributed by atoms with Gasteiger partial charge in [-0.15, -0.1) is 0 Å². The maximum atomic E-state index is 10.6. The molecule has 13 heavy (non-hydrogen) atoms. The van der Waals surface area contributed by atoms with Crippen molar-refractivity contribution >= 4 is 24.2 Å². The van der Waals surface area contributed by atoms with Crippen molar-refractivity contribution in [3.05, 3.63) is 11.7 Å². The summed E-state index contributed by atoms with van der Waals surface area (Å²) in [5, 5.41) is 2.89. The second-order valence-corrected chi connectivity index (χ2v) is 4.48. The van der Waals surface area contributed by atoms with Gasteiger partial charge in [0.2, 0.25) is 0 Å². The largest absolute Gasteiger partial charge is 0.368 e. The number of rotatable bonds is 3. The summed E-state index contributed by atoms with van der Waals surface area (Å²) < 4.78 is 25.8. The van der Waals surface area contributed by atoms with Crippen LogP contribution in [0.2, 0.25) is 0 Å². The number of hydrogen-bond acceptors (Lipinski definition) is 5. The molecule has 1 N–H and O–H groups in total. The van der Waals surface area contributed by atoms with Crippen LogP contribution in [0.25, 0.3) is 0 Å². The minimum atomic E-state index is -3.37. The van der Waals surface area contributed by atoms with Crippen molar-refractivity contribution in [3.63, 3.8) is 0 Å². The maximum Gasteiger partial charge on any atom is 0.264 e. The van der Waals surface area contributed by atoms with Gasteiger partial charge in [0.05, 0.1) is 6.26 Å².